The Balaban J connectivity index is 2.05. The number of hydrogen-bond donors (Lipinski definition) is 0. The van der Waals surface area contributed by atoms with E-state index in [2.05, 4.69) is 4.90 Å². The molecule has 122 valence electrons. The summed E-state index contributed by atoms with van der Waals surface area (Å²) in [6, 6.07) is 14.9. The van der Waals surface area contributed by atoms with Crippen LogP contribution < -0.4 is 4.74 Å². The molecule has 5 heteroatoms. The van der Waals surface area contributed by atoms with Gasteiger partial charge in [-0.1, -0.05) is 24.3 Å². The molecule has 5 nitrogen and oxygen atoms in total. The third-order valence-corrected chi connectivity index (χ3v) is 3.89. The fourth-order valence-electron chi connectivity index (χ4n) is 2.44. The van der Waals surface area contributed by atoms with E-state index >= 15 is 0 Å². The number of nitro groups is 1. The molecule has 1 atom stereocenters. The molecule has 0 amide bonds. The van der Waals surface area contributed by atoms with E-state index in [9.17, 15) is 10.1 Å². The molecule has 1 unspecified atom stereocenters. The highest BCUT2D eigenvalue weighted by Crippen LogP contribution is 2.24. The minimum atomic E-state index is -0.358. The lowest BCUT2D eigenvalue weighted by Gasteiger charge is -2.25. The second-order valence-electron chi connectivity index (χ2n) is 5.52. The fourth-order valence-corrected chi connectivity index (χ4v) is 2.44. The van der Waals surface area contributed by atoms with Crippen molar-refractivity contribution in [3.63, 3.8) is 0 Å². The average molecular weight is 314 g/mol. The van der Waals surface area contributed by atoms with Gasteiger partial charge in [0.25, 0.3) is 5.69 Å². The third kappa shape index (κ3) is 4.53. The Bertz CT molecular complexity index is 656. The van der Waals surface area contributed by atoms with Crippen LogP contribution in [0.1, 0.15) is 31.0 Å². The number of benzene rings is 2. The van der Waals surface area contributed by atoms with E-state index in [0.29, 0.717) is 6.61 Å². The first-order valence-electron chi connectivity index (χ1n) is 7.67. The molecule has 2 aromatic carbocycles. The summed E-state index contributed by atoms with van der Waals surface area (Å²) in [6.07, 6.45) is 0. The van der Waals surface area contributed by atoms with E-state index in [0.717, 1.165) is 17.9 Å². The number of hydrogen-bond acceptors (Lipinski definition) is 4. The molecule has 0 heterocycles. The second-order valence-corrected chi connectivity index (χ2v) is 5.52. The van der Waals surface area contributed by atoms with Crippen LogP contribution in [0.25, 0.3) is 0 Å². The zero-order valence-corrected chi connectivity index (χ0v) is 13.7. The molecule has 0 aromatic heterocycles. The number of nitrogens with zero attached hydrogens (tertiary/aromatic N) is 2. The molecular weight excluding hydrogens is 292 g/mol. The minimum Gasteiger partial charge on any atom is -0.494 e. The molecule has 0 fully saturated rings. The molecule has 0 aliphatic heterocycles. The van der Waals surface area contributed by atoms with Crippen LogP contribution in [0.15, 0.2) is 48.5 Å². The lowest BCUT2D eigenvalue weighted by atomic mass is 10.1. The van der Waals surface area contributed by atoms with Crippen LogP contribution >= 0.6 is 0 Å². The standard InChI is InChI=1S/C18H22N2O3/c1-4-23-18-10-8-15(9-11-18)13-19(3)14(2)16-6-5-7-17(12-16)20(21)22/h5-12,14H,4,13H2,1-3H3. The Kier molecular flexibility index (Phi) is 5.71. The lowest BCUT2D eigenvalue weighted by Crippen LogP contribution is -2.22. The Morgan fingerprint density at radius 2 is 1.91 bits per heavy atom. The van der Waals surface area contributed by atoms with Crippen molar-refractivity contribution in [2.75, 3.05) is 13.7 Å². The molecule has 2 rings (SSSR count). The van der Waals surface area contributed by atoms with E-state index in [4.69, 9.17) is 4.74 Å². The summed E-state index contributed by atoms with van der Waals surface area (Å²) in [6.45, 7) is 5.43. The summed E-state index contributed by atoms with van der Waals surface area (Å²) < 4.78 is 5.44. The molecular formula is C18H22N2O3. The van der Waals surface area contributed by atoms with Crippen molar-refractivity contribution >= 4 is 5.69 Å². The minimum absolute atomic E-state index is 0.0847. The number of nitro benzene ring substituents is 1. The van der Waals surface area contributed by atoms with Gasteiger partial charge in [0.2, 0.25) is 0 Å². The first-order chi connectivity index (χ1) is 11.0. The Morgan fingerprint density at radius 1 is 1.22 bits per heavy atom. The summed E-state index contributed by atoms with van der Waals surface area (Å²) in [5, 5.41) is 10.9. The van der Waals surface area contributed by atoms with Gasteiger partial charge in [-0.25, -0.2) is 0 Å². The van der Waals surface area contributed by atoms with Gasteiger partial charge >= 0.3 is 0 Å². The molecule has 0 saturated heterocycles. The van der Waals surface area contributed by atoms with Crippen molar-refractivity contribution in [3.8, 4) is 5.75 Å². The molecule has 0 bridgehead atoms. The van der Waals surface area contributed by atoms with Gasteiger partial charge < -0.3 is 4.74 Å². The second kappa shape index (κ2) is 7.74. The van der Waals surface area contributed by atoms with Crippen LogP contribution in [-0.2, 0) is 6.54 Å². The summed E-state index contributed by atoms with van der Waals surface area (Å²) in [5.74, 6) is 0.866. The molecule has 0 N–H and O–H groups in total. The summed E-state index contributed by atoms with van der Waals surface area (Å²) in [4.78, 5) is 12.7. The van der Waals surface area contributed by atoms with Crippen molar-refractivity contribution in [2.24, 2.45) is 0 Å². The van der Waals surface area contributed by atoms with E-state index in [1.54, 1.807) is 12.1 Å². The largest absolute Gasteiger partial charge is 0.494 e. The van der Waals surface area contributed by atoms with Crippen LogP contribution in [0.4, 0.5) is 5.69 Å². The number of rotatable bonds is 7. The summed E-state index contributed by atoms with van der Waals surface area (Å²) in [7, 11) is 2.01. The normalized spacial score (nSPS) is 12.2. The van der Waals surface area contributed by atoms with Crippen LogP contribution in [0, 0.1) is 10.1 Å². The maximum Gasteiger partial charge on any atom is 0.269 e. The van der Waals surface area contributed by atoms with Gasteiger partial charge in [0.1, 0.15) is 5.75 Å². The quantitative estimate of drug-likeness (QED) is 0.568. The highest BCUT2D eigenvalue weighted by molar-refractivity contribution is 5.35. The topological polar surface area (TPSA) is 55.6 Å². The van der Waals surface area contributed by atoms with E-state index in [-0.39, 0.29) is 16.7 Å². The van der Waals surface area contributed by atoms with Crippen LogP contribution in [0.5, 0.6) is 5.75 Å². The van der Waals surface area contributed by atoms with Gasteiger partial charge in [-0.3, -0.25) is 15.0 Å². The lowest BCUT2D eigenvalue weighted by molar-refractivity contribution is -0.384. The van der Waals surface area contributed by atoms with Crippen molar-refractivity contribution in [1.29, 1.82) is 0 Å². The Labute approximate surface area is 136 Å². The van der Waals surface area contributed by atoms with Crippen molar-refractivity contribution in [3.05, 3.63) is 69.8 Å². The summed E-state index contributed by atoms with van der Waals surface area (Å²) >= 11 is 0. The van der Waals surface area contributed by atoms with Crippen molar-refractivity contribution < 1.29 is 9.66 Å². The van der Waals surface area contributed by atoms with Gasteiger partial charge in [0.15, 0.2) is 0 Å². The van der Waals surface area contributed by atoms with Crippen LogP contribution in [-0.4, -0.2) is 23.5 Å². The fraction of sp³-hybridized carbons (Fsp3) is 0.333. The molecule has 0 radical (unpaired) electrons. The summed E-state index contributed by atoms with van der Waals surface area (Å²) in [5.41, 5.74) is 2.24. The average Bonchev–Trinajstić information content (AvgIpc) is 2.56. The zero-order chi connectivity index (χ0) is 16.8. The maximum atomic E-state index is 10.9. The molecule has 0 aliphatic carbocycles. The van der Waals surface area contributed by atoms with Crippen LogP contribution in [0.3, 0.4) is 0 Å². The van der Waals surface area contributed by atoms with E-state index < -0.39 is 0 Å². The third-order valence-electron chi connectivity index (χ3n) is 3.89. The Hall–Kier alpha value is -2.40. The number of ether oxygens (including phenoxy) is 1. The molecule has 0 spiro atoms. The van der Waals surface area contributed by atoms with Crippen molar-refractivity contribution in [1.82, 2.24) is 4.90 Å². The SMILES string of the molecule is CCOc1ccc(CN(C)C(C)c2cccc([N+](=O)[O-])c2)cc1. The van der Waals surface area contributed by atoms with E-state index in [1.165, 1.54) is 11.6 Å². The molecule has 23 heavy (non-hydrogen) atoms. The van der Waals surface area contributed by atoms with E-state index in [1.807, 2.05) is 51.2 Å². The monoisotopic (exact) mass is 314 g/mol. The van der Waals surface area contributed by atoms with Gasteiger partial charge in [0, 0.05) is 24.7 Å². The molecule has 0 aliphatic rings. The predicted molar refractivity (Wildman–Crippen MR) is 90.6 cm³/mol. The zero-order valence-electron chi connectivity index (χ0n) is 13.7. The smallest absolute Gasteiger partial charge is 0.269 e. The molecule has 0 saturated carbocycles. The van der Waals surface area contributed by atoms with Gasteiger partial charge in [0.05, 0.1) is 11.5 Å². The maximum absolute atomic E-state index is 10.9. The number of non-ortho nitro benzene ring substituents is 1. The van der Waals surface area contributed by atoms with Gasteiger partial charge in [-0.15, -0.1) is 0 Å². The van der Waals surface area contributed by atoms with Gasteiger partial charge in [-0.05, 0) is 44.2 Å². The predicted octanol–water partition coefficient (Wildman–Crippen LogP) is 4.19. The van der Waals surface area contributed by atoms with Gasteiger partial charge in [-0.2, -0.15) is 0 Å². The highest BCUT2D eigenvalue weighted by Gasteiger charge is 2.15. The Morgan fingerprint density at radius 3 is 2.52 bits per heavy atom. The first-order valence-corrected chi connectivity index (χ1v) is 7.67. The molecule has 2 aromatic rings. The van der Waals surface area contributed by atoms with Crippen LogP contribution in [0.2, 0.25) is 0 Å². The van der Waals surface area contributed by atoms with Crippen molar-refractivity contribution in [2.45, 2.75) is 26.4 Å². The highest BCUT2D eigenvalue weighted by atomic mass is 16.6. The first kappa shape index (κ1) is 17.0.